The molecular weight excluding hydrogens is 144 g/mol. The fraction of sp³-hybridized carbons (Fsp3) is 0.429. The normalized spacial score (nSPS) is 13.4. The van der Waals surface area contributed by atoms with E-state index in [-0.39, 0.29) is 5.91 Å². The van der Waals surface area contributed by atoms with Gasteiger partial charge in [0.05, 0.1) is 0 Å². The van der Waals surface area contributed by atoms with E-state index in [4.69, 9.17) is 5.73 Å². The zero-order chi connectivity index (χ0) is 8.85. The summed E-state index contributed by atoms with van der Waals surface area (Å²) in [5, 5.41) is 2.57. The number of nitrogens with one attached hydrogen (secondary N) is 1. The number of carbonyl (C=O) groups is 2. The third-order valence-electron chi connectivity index (χ3n) is 1.09. The molecule has 0 radical (unpaired) electrons. The molecule has 3 N–H and O–H groups in total. The van der Waals surface area contributed by atoms with Gasteiger partial charge in [0.15, 0.2) is 0 Å². The molecular formula is C7H12N2O2. The molecule has 1 heterocycles. The Bertz CT molecular complexity index is 169. The van der Waals surface area contributed by atoms with Crippen molar-refractivity contribution in [2.24, 2.45) is 5.73 Å². The van der Waals surface area contributed by atoms with Crippen molar-refractivity contribution in [2.75, 3.05) is 6.54 Å². The summed E-state index contributed by atoms with van der Waals surface area (Å²) in [5.41, 5.74) is 5.09. The molecule has 0 aromatic carbocycles. The quantitative estimate of drug-likeness (QED) is 0.399. The van der Waals surface area contributed by atoms with Crippen LogP contribution in [-0.2, 0) is 9.59 Å². The van der Waals surface area contributed by atoms with Crippen LogP contribution in [0.2, 0.25) is 0 Å². The first kappa shape index (κ1) is 9.68. The Morgan fingerprint density at radius 3 is 2.00 bits per heavy atom. The maximum absolute atomic E-state index is 9.82. The number of hydrogen-bond donors (Lipinski definition) is 2. The van der Waals surface area contributed by atoms with Crippen molar-refractivity contribution in [1.82, 2.24) is 5.32 Å². The first-order chi connectivity index (χ1) is 5.04. The van der Waals surface area contributed by atoms with Crippen LogP contribution >= 0.6 is 0 Å². The minimum Gasteiger partial charge on any atom is -0.366 e. The van der Waals surface area contributed by atoms with Gasteiger partial charge < -0.3 is 11.1 Å². The second-order valence-corrected chi connectivity index (χ2v) is 2.24. The van der Waals surface area contributed by atoms with Crippen molar-refractivity contribution in [3.63, 3.8) is 0 Å². The van der Waals surface area contributed by atoms with Gasteiger partial charge in [0.2, 0.25) is 11.8 Å². The molecule has 1 saturated heterocycles. The summed E-state index contributed by atoms with van der Waals surface area (Å²) < 4.78 is 0. The topological polar surface area (TPSA) is 72.2 Å². The Kier molecular flexibility index (Phi) is 3.95. The predicted molar refractivity (Wildman–Crippen MR) is 41.6 cm³/mol. The lowest BCUT2D eigenvalue weighted by Crippen LogP contribution is -2.37. The van der Waals surface area contributed by atoms with E-state index in [1.807, 2.05) is 0 Å². The lowest BCUT2D eigenvalue weighted by Gasteiger charge is -2.10. The minimum absolute atomic E-state index is 0.185. The van der Waals surface area contributed by atoms with E-state index >= 15 is 0 Å². The van der Waals surface area contributed by atoms with Crippen LogP contribution in [0.3, 0.4) is 0 Å². The molecule has 1 rings (SSSR count). The van der Waals surface area contributed by atoms with Crippen LogP contribution in [0.5, 0.6) is 0 Å². The highest BCUT2D eigenvalue weighted by Gasteiger charge is 2.07. The summed E-state index contributed by atoms with van der Waals surface area (Å²) in [4.78, 5) is 19.6. The van der Waals surface area contributed by atoms with E-state index in [0.29, 0.717) is 5.57 Å². The van der Waals surface area contributed by atoms with Crippen LogP contribution in [0.1, 0.15) is 13.3 Å². The summed E-state index contributed by atoms with van der Waals surface area (Å²) in [5.74, 6) is -0.250. The van der Waals surface area contributed by atoms with Crippen molar-refractivity contribution < 1.29 is 9.59 Å². The molecule has 4 nitrogen and oxygen atoms in total. The van der Waals surface area contributed by atoms with E-state index in [2.05, 4.69) is 11.9 Å². The maximum Gasteiger partial charge on any atom is 0.243 e. The molecule has 0 aromatic rings. The Balaban J connectivity index is 0.000000183. The van der Waals surface area contributed by atoms with Gasteiger partial charge in [-0.2, -0.15) is 0 Å². The van der Waals surface area contributed by atoms with Crippen LogP contribution in [-0.4, -0.2) is 18.4 Å². The fourth-order valence-corrected chi connectivity index (χ4v) is 0.227. The van der Waals surface area contributed by atoms with E-state index < -0.39 is 5.91 Å². The molecule has 0 spiro atoms. The molecule has 4 heteroatoms. The van der Waals surface area contributed by atoms with Gasteiger partial charge in [-0.05, 0) is 6.92 Å². The van der Waals surface area contributed by atoms with Crippen molar-refractivity contribution in [3.8, 4) is 0 Å². The van der Waals surface area contributed by atoms with Gasteiger partial charge in [-0.25, -0.2) is 0 Å². The predicted octanol–water partition coefficient (Wildman–Crippen LogP) is -0.446. The smallest absolute Gasteiger partial charge is 0.243 e. The van der Waals surface area contributed by atoms with E-state index in [1.165, 1.54) is 0 Å². The molecule has 2 amide bonds. The SMILES string of the molecule is C=C(C)C(N)=O.O=C1CCN1. The molecule has 0 bridgehead atoms. The molecule has 0 atom stereocenters. The maximum atomic E-state index is 9.82. The van der Waals surface area contributed by atoms with E-state index in [1.54, 1.807) is 6.92 Å². The van der Waals surface area contributed by atoms with Crippen molar-refractivity contribution in [3.05, 3.63) is 12.2 Å². The van der Waals surface area contributed by atoms with Gasteiger partial charge in [0.25, 0.3) is 0 Å². The average Bonchev–Trinajstić information content (AvgIpc) is 1.85. The van der Waals surface area contributed by atoms with Crippen LogP contribution < -0.4 is 11.1 Å². The Hall–Kier alpha value is -1.32. The Labute approximate surface area is 65.5 Å². The van der Waals surface area contributed by atoms with Gasteiger partial charge in [0, 0.05) is 18.5 Å². The third kappa shape index (κ3) is 5.14. The number of rotatable bonds is 1. The standard InChI is InChI=1S/C4H7NO.C3H5NO/c1-3(2)4(5)6;5-3-1-2-4-3/h1H2,2H3,(H2,5,6);1-2H2,(H,4,5). The van der Waals surface area contributed by atoms with Gasteiger partial charge in [-0.1, -0.05) is 6.58 Å². The van der Waals surface area contributed by atoms with E-state index in [0.717, 1.165) is 13.0 Å². The van der Waals surface area contributed by atoms with Crippen molar-refractivity contribution in [1.29, 1.82) is 0 Å². The van der Waals surface area contributed by atoms with Crippen LogP contribution in [0.15, 0.2) is 12.2 Å². The zero-order valence-electron chi connectivity index (χ0n) is 6.52. The summed E-state index contributed by atoms with van der Waals surface area (Å²) in [6, 6.07) is 0. The highest BCUT2D eigenvalue weighted by atomic mass is 16.2. The Morgan fingerprint density at radius 1 is 1.73 bits per heavy atom. The van der Waals surface area contributed by atoms with E-state index in [9.17, 15) is 9.59 Å². The first-order valence-corrected chi connectivity index (χ1v) is 3.26. The summed E-state index contributed by atoms with van der Waals surface area (Å²) in [6.45, 7) is 5.74. The molecule has 11 heavy (non-hydrogen) atoms. The van der Waals surface area contributed by atoms with Crippen LogP contribution in [0.25, 0.3) is 0 Å². The molecule has 0 aliphatic carbocycles. The van der Waals surface area contributed by atoms with Crippen LogP contribution in [0.4, 0.5) is 0 Å². The Morgan fingerprint density at radius 2 is 2.00 bits per heavy atom. The zero-order valence-corrected chi connectivity index (χ0v) is 6.52. The first-order valence-electron chi connectivity index (χ1n) is 3.26. The van der Waals surface area contributed by atoms with Gasteiger partial charge >= 0.3 is 0 Å². The highest BCUT2D eigenvalue weighted by molar-refractivity contribution is 5.90. The largest absolute Gasteiger partial charge is 0.366 e. The van der Waals surface area contributed by atoms with Gasteiger partial charge in [-0.3, -0.25) is 9.59 Å². The minimum atomic E-state index is -0.435. The van der Waals surface area contributed by atoms with Gasteiger partial charge in [0.1, 0.15) is 0 Å². The number of hydrogen-bond acceptors (Lipinski definition) is 2. The number of amides is 2. The molecule has 0 unspecified atom stereocenters. The number of primary amides is 1. The third-order valence-corrected chi connectivity index (χ3v) is 1.09. The lowest BCUT2D eigenvalue weighted by atomic mass is 10.3. The van der Waals surface area contributed by atoms with Crippen molar-refractivity contribution >= 4 is 11.8 Å². The number of nitrogens with two attached hydrogens (primary N) is 1. The summed E-state index contributed by atoms with van der Waals surface area (Å²) in [6.07, 6.45) is 0.736. The van der Waals surface area contributed by atoms with Crippen LogP contribution in [0, 0.1) is 0 Å². The summed E-state index contributed by atoms with van der Waals surface area (Å²) >= 11 is 0. The molecule has 0 aromatic heterocycles. The second kappa shape index (κ2) is 4.49. The number of β-lactam (4-membered cyclic amide) rings is 1. The van der Waals surface area contributed by atoms with Gasteiger partial charge in [-0.15, -0.1) is 0 Å². The second-order valence-electron chi connectivity index (χ2n) is 2.24. The number of carbonyl (C=O) groups excluding carboxylic acids is 2. The monoisotopic (exact) mass is 156 g/mol. The molecule has 1 aliphatic heterocycles. The fourth-order valence-electron chi connectivity index (χ4n) is 0.227. The lowest BCUT2D eigenvalue weighted by molar-refractivity contribution is -0.125. The molecule has 1 fully saturated rings. The molecule has 62 valence electrons. The highest BCUT2D eigenvalue weighted by Crippen LogP contribution is 1.85. The molecule has 1 aliphatic rings. The molecule has 0 saturated carbocycles. The average molecular weight is 156 g/mol. The van der Waals surface area contributed by atoms with Crippen molar-refractivity contribution in [2.45, 2.75) is 13.3 Å². The summed E-state index contributed by atoms with van der Waals surface area (Å²) in [7, 11) is 0.